The number of carbonyl (C=O) groups is 2. The van der Waals surface area contributed by atoms with Crippen LogP contribution in [-0.4, -0.2) is 59.5 Å². The number of methoxy groups -OCH3 is 1. The molecule has 0 atom stereocenters. The van der Waals surface area contributed by atoms with Crippen LogP contribution in [-0.2, 0) is 13.2 Å². The van der Waals surface area contributed by atoms with Crippen LogP contribution in [0.15, 0.2) is 84.9 Å². The molecule has 0 bridgehead atoms. The van der Waals surface area contributed by atoms with Crippen molar-refractivity contribution in [1.29, 1.82) is 0 Å². The molecule has 3 heterocycles. The largest absolute Gasteiger partial charge is 0.497 e. The van der Waals surface area contributed by atoms with Gasteiger partial charge >= 0.3 is 0 Å². The van der Waals surface area contributed by atoms with Crippen LogP contribution in [0.1, 0.15) is 70.6 Å². The Balaban J connectivity index is 1.56. The predicted molar refractivity (Wildman–Crippen MR) is 173 cm³/mol. The molecule has 1 aromatic heterocycles. The molecular formula is C37H41N3O5. The number of hydrogen-bond acceptors (Lipinski definition) is 5. The quantitative estimate of drug-likeness (QED) is 0.196. The van der Waals surface area contributed by atoms with E-state index >= 15 is 0 Å². The van der Waals surface area contributed by atoms with Crippen LogP contribution in [0, 0.1) is 0 Å². The number of rotatable bonds is 10. The van der Waals surface area contributed by atoms with Crippen molar-refractivity contribution in [3.05, 3.63) is 107 Å². The molecule has 0 unspecified atom stereocenters. The van der Waals surface area contributed by atoms with Gasteiger partial charge in [0.25, 0.3) is 11.8 Å². The van der Waals surface area contributed by atoms with Gasteiger partial charge in [0.15, 0.2) is 22.9 Å². The first-order valence-corrected chi connectivity index (χ1v) is 16.0. The van der Waals surface area contributed by atoms with Gasteiger partial charge < -0.3 is 24.0 Å². The maximum Gasteiger partial charge on any atom is 0.274 e. The van der Waals surface area contributed by atoms with Crippen LogP contribution >= 0.6 is 0 Å². The molecule has 2 amide bonds. The minimum atomic E-state index is -0.171. The van der Waals surface area contributed by atoms with Crippen molar-refractivity contribution in [2.24, 2.45) is 0 Å². The van der Waals surface area contributed by atoms with E-state index in [1.807, 2.05) is 94.7 Å². The van der Waals surface area contributed by atoms with Gasteiger partial charge in [-0.05, 0) is 73.9 Å². The van der Waals surface area contributed by atoms with E-state index in [1.165, 1.54) is 0 Å². The first-order chi connectivity index (χ1) is 22.1. The van der Waals surface area contributed by atoms with Crippen LogP contribution in [0.2, 0.25) is 0 Å². The minimum absolute atomic E-state index is 0.171. The second-order valence-corrected chi connectivity index (χ2v) is 11.6. The van der Waals surface area contributed by atoms with Gasteiger partial charge in [0.1, 0.15) is 19.0 Å². The van der Waals surface area contributed by atoms with E-state index in [0.29, 0.717) is 60.5 Å². The number of carbonyl (C=O) groups excluding carboxylic acids is 2. The van der Waals surface area contributed by atoms with Crippen molar-refractivity contribution in [2.75, 3.05) is 33.3 Å². The molecule has 6 rings (SSSR count). The Morgan fingerprint density at radius 2 is 1.00 bits per heavy atom. The van der Waals surface area contributed by atoms with Crippen LogP contribution in [0.25, 0.3) is 5.69 Å². The maximum absolute atomic E-state index is 14.6. The van der Waals surface area contributed by atoms with Crippen LogP contribution in [0.4, 0.5) is 0 Å². The van der Waals surface area contributed by atoms with Gasteiger partial charge in [-0.15, -0.1) is 0 Å². The Hall–Kier alpha value is -4.72. The third-order valence-electron chi connectivity index (χ3n) is 8.56. The lowest BCUT2D eigenvalue weighted by molar-refractivity contribution is 0.0706. The fraction of sp³-hybridized carbons (Fsp3) is 0.351. The summed E-state index contributed by atoms with van der Waals surface area (Å²) in [5.41, 5.74) is 3.17. The third kappa shape index (κ3) is 6.85. The van der Waals surface area contributed by atoms with Crippen LogP contribution < -0.4 is 14.2 Å². The number of hydrogen-bond donors (Lipinski definition) is 0. The van der Waals surface area contributed by atoms with E-state index in [4.69, 9.17) is 14.2 Å². The summed E-state index contributed by atoms with van der Waals surface area (Å²) >= 11 is 0. The summed E-state index contributed by atoms with van der Waals surface area (Å²) in [6.45, 7) is 3.04. The molecule has 2 saturated heterocycles. The number of piperidine rings is 2. The molecule has 45 heavy (non-hydrogen) atoms. The Kier molecular flexibility index (Phi) is 9.68. The topological polar surface area (TPSA) is 73.2 Å². The SMILES string of the molecule is COc1ccc(-n2c(C(=O)N3CCCCC3)c(OCc3ccccc3)c(OCc3ccccc3)c2C(=O)N2CCCCC2)cc1. The van der Waals surface area contributed by atoms with Gasteiger partial charge in [0.2, 0.25) is 0 Å². The van der Waals surface area contributed by atoms with Gasteiger partial charge in [0.05, 0.1) is 7.11 Å². The molecule has 2 aliphatic heterocycles. The number of benzene rings is 3. The van der Waals surface area contributed by atoms with E-state index in [9.17, 15) is 9.59 Å². The Morgan fingerprint density at radius 3 is 1.40 bits per heavy atom. The van der Waals surface area contributed by atoms with Crippen molar-refractivity contribution in [1.82, 2.24) is 14.4 Å². The molecule has 3 aromatic carbocycles. The smallest absolute Gasteiger partial charge is 0.274 e. The molecule has 0 N–H and O–H groups in total. The Labute approximate surface area is 265 Å². The first-order valence-electron chi connectivity index (χ1n) is 16.0. The predicted octanol–water partition coefficient (Wildman–Crippen LogP) is 6.90. The average Bonchev–Trinajstić information content (AvgIpc) is 3.44. The summed E-state index contributed by atoms with van der Waals surface area (Å²) in [6.07, 6.45) is 5.92. The first kappa shape index (κ1) is 30.3. The van der Waals surface area contributed by atoms with E-state index in [2.05, 4.69) is 0 Å². The molecule has 0 saturated carbocycles. The lowest BCUT2D eigenvalue weighted by atomic mass is 10.1. The fourth-order valence-corrected chi connectivity index (χ4v) is 6.13. The summed E-state index contributed by atoms with van der Waals surface area (Å²) in [6, 6.07) is 27.1. The molecule has 0 spiro atoms. The number of aromatic nitrogens is 1. The normalized spacial score (nSPS) is 15.0. The molecule has 8 heteroatoms. The average molecular weight is 608 g/mol. The number of likely N-dealkylation sites (tertiary alicyclic amines) is 2. The molecule has 2 fully saturated rings. The van der Waals surface area contributed by atoms with Crippen molar-refractivity contribution in [2.45, 2.75) is 51.7 Å². The van der Waals surface area contributed by atoms with Gasteiger partial charge in [-0.2, -0.15) is 0 Å². The van der Waals surface area contributed by atoms with Crippen molar-refractivity contribution in [3.8, 4) is 22.9 Å². The Bertz CT molecular complexity index is 1480. The van der Waals surface area contributed by atoms with Crippen molar-refractivity contribution >= 4 is 11.8 Å². The van der Waals surface area contributed by atoms with Crippen LogP contribution in [0.3, 0.4) is 0 Å². The molecule has 2 aliphatic rings. The van der Waals surface area contributed by atoms with E-state index < -0.39 is 0 Å². The lowest BCUT2D eigenvalue weighted by Gasteiger charge is -2.29. The summed E-state index contributed by atoms with van der Waals surface area (Å²) in [5, 5.41) is 0. The zero-order valence-corrected chi connectivity index (χ0v) is 26.0. The van der Waals surface area contributed by atoms with Crippen molar-refractivity contribution in [3.63, 3.8) is 0 Å². The fourth-order valence-electron chi connectivity index (χ4n) is 6.13. The third-order valence-corrected chi connectivity index (χ3v) is 8.56. The number of ether oxygens (including phenoxy) is 3. The standard InChI is InChI=1S/C37H41N3O5/c1-43-31-20-18-30(19-21-31)40-32(36(41)38-22-10-4-11-23-38)34(44-26-28-14-6-2-7-15-28)35(45-27-29-16-8-3-9-17-29)33(40)37(42)39-24-12-5-13-25-39/h2-3,6-9,14-21H,4-5,10-13,22-27H2,1H3. The molecular weight excluding hydrogens is 566 g/mol. The number of amides is 2. The summed E-state index contributed by atoms with van der Waals surface area (Å²) in [7, 11) is 1.62. The highest BCUT2D eigenvalue weighted by molar-refractivity contribution is 6.04. The van der Waals surface area contributed by atoms with Gasteiger partial charge in [-0.1, -0.05) is 60.7 Å². The second-order valence-electron chi connectivity index (χ2n) is 11.6. The van der Waals surface area contributed by atoms with Gasteiger partial charge in [0, 0.05) is 31.9 Å². The van der Waals surface area contributed by atoms with Crippen molar-refractivity contribution < 1.29 is 23.8 Å². The van der Waals surface area contributed by atoms with Gasteiger partial charge in [-0.3, -0.25) is 14.2 Å². The number of nitrogens with zero attached hydrogens (tertiary/aromatic N) is 3. The van der Waals surface area contributed by atoms with E-state index in [-0.39, 0.29) is 25.0 Å². The monoisotopic (exact) mass is 607 g/mol. The Morgan fingerprint density at radius 1 is 0.578 bits per heavy atom. The second kappa shape index (κ2) is 14.4. The molecule has 0 aliphatic carbocycles. The van der Waals surface area contributed by atoms with Crippen LogP contribution in [0.5, 0.6) is 17.2 Å². The molecule has 234 valence electrons. The molecule has 0 radical (unpaired) electrons. The molecule has 8 nitrogen and oxygen atoms in total. The highest BCUT2D eigenvalue weighted by Gasteiger charge is 2.38. The zero-order chi connectivity index (χ0) is 31.0. The lowest BCUT2D eigenvalue weighted by Crippen LogP contribution is -2.38. The minimum Gasteiger partial charge on any atom is -0.497 e. The highest BCUT2D eigenvalue weighted by Crippen LogP contribution is 2.43. The molecule has 4 aromatic rings. The maximum atomic E-state index is 14.6. The highest BCUT2D eigenvalue weighted by atomic mass is 16.5. The summed E-state index contributed by atoms with van der Waals surface area (Å²) in [5.74, 6) is 0.926. The summed E-state index contributed by atoms with van der Waals surface area (Å²) in [4.78, 5) is 33.0. The summed E-state index contributed by atoms with van der Waals surface area (Å²) < 4.78 is 20.4. The van der Waals surface area contributed by atoms with E-state index in [1.54, 1.807) is 11.7 Å². The van der Waals surface area contributed by atoms with E-state index in [0.717, 1.165) is 49.7 Å². The van der Waals surface area contributed by atoms with Gasteiger partial charge in [-0.25, -0.2) is 0 Å². The zero-order valence-electron chi connectivity index (χ0n) is 26.0.